The predicted octanol–water partition coefficient (Wildman–Crippen LogP) is 1.72. The van der Waals surface area contributed by atoms with E-state index in [4.69, 9.17) is 4.74 Å². The Hall–Kier alpha value is -1.46. The third-order valence-electron chi connectivity index (χ3n) is 2.12. The van der Waals surface area contributed by atoms with Crippen molar-refractivity contribution >= 4 is 5.69 Å². The molecule has 0 aliphatic heterocycles. The normalized spacial score (nSPS) is 10.3. The Balaban J connectivity index is 2.44. The number of hydrogen-bond acceptors (Lipinski definition) is 4. The van der Waals surface area contributed by atoms with Crippen LogP contribution in [0, 0.1) is 10.1 Å². The van der Waals surface area contributed by atoms with E-state index in [1.54, 1.807) is 18.2 Å². The molecule has 1 aromatic rings. The molecule has 16 heavy (non-hydrogen) atoms. The van der Waals surface area contributed by atoms with Gasteiger partial charge in [0.1, 0.15) is 0 Å². The number of nitrogens with one attached hydrogen (secondary N) is 1. The van der Waals surface area contributed by atoms with Gasteiger partial charge in [0.05, 0.1) is 23.7 Å². The smallest absolute Gasteiger partial charge is 0.274 e. The first-order valence-electron chi connectivity index (χ1n) is 5.26. The standard InChI is InChI=1S/C11H16N2O3/c1-2-12-7-8-16-9-10-5-3-4-6-11(10)13(14)15/h3-6,12H,2,7-9H2,1H3. The quantitative estimate of drug-likeness (QED) is 0.435. The number of para-hydroxylation sites is 1. The van der Waals surface area contributed by atoms with E-state index in [9.17, 15) is 10.1 Å². The van der Waals surface area contributed by atoms with Crippen LogP contribution in [0.3, 0.4) is 0 Å². The fourth-order valence-corrected chi connectivity index (χ4v) is 1.31. The Morgan fingerprint density at radius 3 is 2.88 bits per heavy atom. The molecule has 0 aliphatic carbocycles. The van der Waals surface area contributed by atoms with Crippen molar-refractivity contribution in [2.75, 3.05) is 19.7 Å². The fraction of sp³-hybridized carbons (Fsp3) is 0.455. The summed E-state index contributed by atoms with van der Waals surface area (Å²) in [6.45, 7) is 4.51. The number of nitro benzene ring substituents is 1. The molecule has 5 heteroatoms. The van der Waals surface area contributed by atoms with Gasteiger partial charge < -0.3 is 10.1 Å². The summed E-state index contributed by atoms with van der Waals surface area (Å²) in [5, 5.41) is 13.8. The number of nitrogens with zero attached hydrogens (tertiary/aromatic N) is 1. The second-order valence-electron chi connectivity index (χ2n) is 3.29. The molecule has 1 N–H and O–H groups in total. The summed E-state index contributed by atoms with van der Waals surface area (Å²) in [5.41, 5.74) is 0.731. The highest BCUT2D eigenvalue weighted by atomic mass is 16.6. The van der Waals surface area contributed by atoms with Crippen molar-refractivity contribution in [1.82, 2.24) is 5.32 Å². The van der Waals surface area contributed by atoms with Gasteiger partial charge >= 0.3 is 0 Å². The molecular formula is C11H16N2O3. The van der Waals surface area contributed by atoms with Crippen LogP contribution in [0.1, 0.15) is 12.5 Å². The molecule has 0 amide bonds. The van der Waals surface area contributed by atoms with Crippen molar-refractivity contribution in [3.05, 3.63) is 39.9 Å². The average molecular weight is 224 g/mol. The van der Waals surface area contributed by atoms with E-state index in [0.29, 0.717) is 12.2 Å². The van der Waals surface area contributed by atoms with Gasteiger partial charge in [0.15, 0.2) is 0 Å². The van der Waals surface area contributed by atoms with E-state index in [-0.39, 0.29) is 17.2 Å². The largest absolute Gasteiger partial charge is 0.375 e. The van der Waals surface area contributed by atoms with E-state index >= 15 is 0 Å². The monoisotopic (exact) mass is 224 g/mol. The van der Waals surface area contributed by atoms with Gasteiger partial charge in [0.2, 0.25) is 0 Å². The molecule has 0 bridgehead atoms. The molecule has 0 spiro atoms. The summed E-state index contributed by atoms with van der Waals surface area (Å²) in [5.74, 6) is 0. The number of benzene rings is 1. The lowest BCUT2D eigenvalue weighted by Crippen LogP contribution is -2.18. The number of likely N-dealkylation sites (N-methyl/N-ethyl adjacent to an activating group) is 1. The highest BCUT2D eigenvalue weighted by Crippen LogP contribution is 2.18. The van der Waals surface area contributed by atoms with E-state index in [0.717, 1.165) is 13.1 Å². The molecule has 0 aromatic heterocycles. The number of nitro groups is 1. The van der Waals surface area contributed by atoms with Crippen LogP contribution in [0.15, 0.2) is 24.3 Å². The van der Waals surface area contributed by atoms with Crippen molar-refractivity contribution in [3.63, 3.8) is 0 Å². The maximum absolute atomic E-state index is 10.7. The van der Waals surface area contributed by atoms with Crippen molar-refractivity contribution in [1.29, 1.82) is 0 Å². The molecule has 0 radical (unpaired) electrons. The molecule has 0 heterocycles. The summed E-state index contributed by atoms with van der Waals surface area (Å²) in [7, 11) is 0. The van der Waals surface area contributed by atoms with Crippen molar-refractivity contribution < 1.29 is 9.66 Å². The SMILES string of the molecule is CCNCCOCc1ccccc1[N+](=O)[O-]. The predicted molar refractivity (Wildman–Crippen MR) is 61.3 cm³/mol. The molecule has 0 aliphatic rings. The second-order valence-corrected chi connectivity index (χ2v) is 3.29. The zero-order valence-electron chi connectivity index (χ0n) is 9.31. The average Bonchev–Trinajstić information content (AvgIpc) is 2.29. The van der Waals surface area contributed by atoms with Crippen LogP contribution in [-0.4, -0.2) is 24.6 Å². The van der Waals surface area contributed by atoms with Gasteiger partial charge in [0, 0.05) is 12.6 Å². The third kappa shape index (κ3) is 3.96. The first kappa shape index (κ1) is 12.6. The minimum absolute atomic E-state index is 0.117. The highest BCUT2D eigenvalue weighted by Gasteiger charge is 2.11. The zero-order valence-corrected chi connectivity index (χ0v) is 9.31. The van der Waals surface area contributed by atoms with E-state index < -0.39 is 0 Å². The molecule has 1 aromatic carbocycles. The fourth-order valence-electron chi connectivity index (χ4n) is 1.31. The van der Waals surface area contributed by atoms with E-state index in [1.807, 2.05) is 6.92 Å². The maximum atomic E-state index is 10.7. The molecule has 88 valence electrons. The Kier molecular flexibility index (Phi) is 5.45. The van der Waals surface area contributed by atoms with Gasteiger partial charge in [-0.2, -0.15) is 0 Å². The Labute approximate surface area is 94.6 Å². The molecule has 0 saturated heterocycles. The van der Waals surface area contributed by atoms with Crippen LogP contribution in [0.5, 0.6) is 0 Å². The second kappa shape index (κ2) is 6.92. The van der Waals surface area contributed by atoms with Gasteiger partial charge in [-0.3, -0.25) is 10.1 Å². The third-order valence-corrected chi connectivity index (χ3v) is 2.12. The van der Waals surface area contributed by atoms with Crippen LogP contribution >= 0.6 is 0 Å². The maximum Gasteiger partial charge on any atom is 0.274 e. The minimum atomic E-state index is -0.386. The van der Waals surface area contributed by atoms with Crippen LogP contribution in [0.25, 0.3) is 0 Å². The number of ether oxygens (including phenoxy) is 1. The Morgan fingerprint density at radius 2 is 2.19 bits per heavy atom. The molecule has 0 atom stereocenters. The first-order chi connectivity index (χ1) is 7.75. The van der Waals surface area contributed by atoms with E-state index in [2.05, 4.69) is 5.32 Å². The van der Waals surface area contributed by atoms with Crippen LogP contribution in [0.4, 0.5) is 5.69 Å². The zero-order chi connectivity index (χ0) is 11.8. The van der Waals surface area contributed by atoms with Crippen LogP contribution < -0.4 is 5.32 Å². The number of hydrogen-bond donors (Lipinski definition) is 1. The lowest BCUT2D eigenvalue weighted by atomic mass is 10.2. The molecule has 0 unspecified atom stereocenters. The Morgan fingerprint density at radius 1 is 1.44 bits per heavy atom. The molecular weight excluding hydrogens is 208 g/mol. The number of rotatable bonds is 7. The summed E-state index contributed by atoms with van der Waals surface area (Å²) in [6.07, 6.45) is 0. The van der Waals surface area contributed by atoms with Gasteiger partial charge in [-0.15, -0.1) is 0 Å². The summed E-state index contributed by atoms with van der Waals surface area (Å²) >= 11 is 0. The van der Waals surface area contributed by atoms with Crippen molar-refractivity contribution in [2.45, 2.75) is 13.5 Å². The highest BCUT2D eigenvalue weighted by molar-refractivity contribution is 5.39. The van der Waals surface area contributed by atoms with Crippen LogP contribution in [0.2, 0.25) is 0 Å². The molecule has 1 rings (SSSR count). The molecule has 0 saturated carbocycles. The van der Waals surface area contributed by atoms with Crippen LogP contribution in [-0.2, 0) is 11.3 Å². The van der Waals surface area contributed by atoms with Gasteiger partial charge in [0.25, 0.3) is 5.69 Å². The molecule has 0 fully saturated rings. The minimum Gasteiger partial charge on any atom is -0.375 e. The summed E-state index contributed by atoms with van der Waals surface area (Å²) in [6, 6.07) is 6.63. The Bertz CT molecular complexity index is 342. The summed E-state index contributed by atoms with van der Waals surface area (Å²) in [4.78, 5) is 10.3. The lowest BCUT2D eigenvalue weighted by molar-refractivity contribution is -0.385. The van der Waals surface area contributed by atoms with E-state index in [1.165, 1.54) is 6.07 Å². The van der Waals surface area contributed by atoms with Crippen molar-refractivity contribution in [3.8, 4) is 0 Å². The lowest BCUT2D eigenvalue weighted by Gasteiger charge is -2.05. The van der Waals surface area contributed by atoms with Gasteiger partial charge in [-0.25, -0.2) is 0 Å². The van der Waals surface area contributed by atoms with Gasteiger partial charge in [-0.1, -0.05) is 19.1 Å². The topological polar surface area (TPSA) is 64.4 Å². The molecule has 5 nitrogen and oxygen atoms in total. The van der Waals surface area contributed by atoms with Crippen molar-refractivity contribution in [2.24, 2.45) is 0 Å². The summed E-state index contributed by atoms with van der Waals surface area (Å²) < 4.78 is 5.35. The first-order valence-corrected chi connectivity index (χ1v) is 5.26. The van der Waals surface area contributed by atoms with Gasteiger partial charge in [-0.05, 0) is 12.6 Å².